The van der Waals surface area contributed by atoms with Crippen LogP contribution >= 0.6 is 0 Å². The Hall–Kier alpha value is -3.02. The highest BCUT2D eigenvalue weighted by molar-refractivity contribution is 5.85. The van der Waals surface area contributed by atoms with Crippen molar-refractivity contribution >= 4 is 11.5 Å². The first-order valence-corrected chi connectivity index (χ1v) is 12.7. The van der Waals surface area contributed by atoms with Gasteiger partial charge >= 0.3 is 12.1 Å². The van der Waals surface area contributed by atoms with Crippen LogP contribution < -0.4 is 0 Å². The van der Waals surface area contributed by atoms with Crippen molar-refractivity contribution in [1.29, 1.82) is 0 Å². The smallest absolute Gasteiger partial charge is 0.416 e. The molecule has 2 aromatic carbocycles. The van der Waals surface area contributed by atoms with Crippen molar-refractivity contribution in [1.82, 2.24) is 0 Å². The van der Waals surface area contributed by atoms with Gasteiger partial charge in [-0.3, -0.25) is 0 Å². The molecule has 2 aromatic rings. The molecule has 4 saturated carbocycles. The lowest BCUT2D eigenvalue weighted by Gasteiger charge is -2.57. The van der Waals surface area contributed by atoms with E-state index in [4.69, 9.17) is 5.11 Å². The van der Waals surface area contributed by atoms with Gasteiger partial charge in [0.2, 0.25) is 0 Å². The number of hydrogen-bond acceptors (Lipinski definition) is 2. The minimum absolute atomic E-state index is 0.107. The van der Waals surface area contributed by atoms with Gasteiger partial charge in [0.25, 0.3) is 0 Å². The van der Waals surface area contributed by atoms with Crippen molar-refractivity contribution in [2.75, 3.05) is 0 Å². The molecule has 3 nitrogen and oxygen atoms in total. The molecule has 4 fully saturated rings. The zero-order valence-corrected chi connectivity index (χ0v) is 20.1. The average molecular weight is 497 g/mol. The van der Waals surface area contributed by atoms with E-state index in [-0.39, 0.29) is 5.41 Å². The van der Waals surface area contributed by atoms with Gasteiger partial charge in [-0.25, -0.2) is 4.79 Å². The van der Waals surface area contributed by atoms with E-state index in [9.17, 15) is 23.1 Å². The third kappa shape index (κ3) is 5.09. The molecule has 0 spiro atoms. The van der Waals surface area contributed by atoms with E-state index in [0.29, 0.717) is 29.7 Å². The zero-order valence-electron chi connectivity index (χ0n) is 20.1. The molecular formula is C30H31F3O3. The Morgan fingerprint density at radius 1 is 0.972 bits per heavy atom. The second-order valence-corrected chi connectivity index (χ2v) is 11.0. The van der Waals surface area contributed by atoms with Crippen LogP contribution in [-0.4, -0.2) is 16.2 Å². The van der Waals surface area contributed by atoms with E-state index in [1.54, 1.807) is 12.1 Å². The average Bonchev–Trinajstić information content (AvgIpc) is 2.79. The summed E-state index contributed by atoms with van der Waals surface area (Å²) in [4.78, 5) is 11.0. The number of carbonyl (C=O) groups is 1. The number of carboxylic acid groups (broad SMARTS) is 1. The van der Waals surface area contributed by atoms with Crippen LogP contribution in [0.15, 0.2) is 60.7 Å². The Kier molecular flexibility index (Phi) is 6.48. The summed E-state index contributed by atoms with van der Waals surface area (Å²) in [5.74, 6) is 1.54. The standard InChI is InChI=1S/C30H31F3O3/c31-30(32,33)25-6-2-5-24(15-25)23(8-10-28(35)36)4-1-3-19-7-9-26(27(34)14-19)29-16-20-11-21(17-29)13-22(12-20)18-29/h2,4-10,14-15,20-22,34H,1,3,11-13,16-18H2,(H,35,36)/b10-8?,23-4+. The van der Waals surface area contributed by atoms with Crippen LogP contribution in [0, 0.1) is 17.8 Å². The number of hydrogen-bond donors (Lipinski definition) is 2. The molecule has 36 heavy (non-hydrogen) atoms. The first-order valence-electron chi connectivity index (χ1n) is 12.7. The van der Waals surface area contributed by atoms with E-state index < -0.39 is 17.7 Å². The SMILES string of the molecule is O=C(O)C=C/C(=C\CCc1ccc(C23CC4CC(CC(C4)C2)C3)c(O)c1)c1cccc(C(F)(F)F)c1. The van der Waals surface area contributed by atoms with E-state index >= 15 is 0 Å². The number of alkyl halides is 3. The normalized spacial score (nSPS) is 27.6. The van der Waals surface area contributed by atoms with Gasteiger partial charge in [-0.1, -0.05) is 30.3 Å². The van der Waals surface area contributed by atoms with Gasteiger partial charge in [-0.2, -0.15) is 13.2 Å². The maximum absolute atomic E-state index is 13.2. The number of halogens is 3. The van der Waals surface area contributed by atoms with Crippen LogP contribution in [0.2, 0.25) is 0 Å². The number of benzene rings is 2. The number of allylic oxidation sites excluding steroid dienone is 3. The van der Waals surface area contributed by atoms with Crippen molar-refractivity contribution in [2.45, 2.75) is 63.0 Å². The Morgan fingerprint density at radius 2 is 1.64 bits per heavy atom. The summed E-state index contributed by atoms with van der Waals surface area (Å²) in [5.41, 5.74) is 2.08. The Balaban J connectivity index is 1.33. The Morgan fingerprint density at radius 3 is 2.22 bits per heavy atom. The molecule has 2 N–H and O–H groups in total. The summed E-state index contributed by atoms with van der Waals surface area (Å²) in [6, 6.07) is 10.9. The van der Waals surface area contributed by atoms with Crippen molar-refractivity contribution < 1.29 is 28.2 Å². The van der Waals surface area contributed by atoms with Crippen LogP contribution in [0.3, 0.4) is 0 Å². The molecular weight excluding hydrogens is 465 g/mol. The van der Waals surface area contributed by atoms with E-state index in [1.165, 1.54) is 50.7 Å². The third-order valence-electron chi connectivity index (χ3n) is 8.40. The highest BCUT2D eigenvalue weighted by atomic mass is 19.4. The minimum atomic E-state index is -4.48. The third-order valence-corrected chi connectivity index (χ3v) is 8.40. The van der Waals surface area contributed by atoms with Gasteiger partial charge in [0.15, 0.2) is 0 Å². The molecule has 4 aliphatic rings. The molecule has 6 heteroatoms. The molecule has 190 valence electrons. The lowest BCUT2D eigenvalue weighted by molar-refractivity contribution is -0.137. The van der Waals surface area contributed by atoms with Crippen LogP contribution in [-0.2, 0) is 22.8 Å². The minimum Gasteiger partial charge on any atom is -0.508 e. The van der Waals surface area contributed by atoms with E-state index in [0.717, 1.165) is 47.1 Å². The summed E-state index contributed by atoms with van der Waals surface area (Å²) >= 11 is 0. The lowest BCUT2D eigenvalue weighted by Crippen LogP contribution is -2.48. The molecule has 0 radical (unpaired) electrons. The predicted molar refractivity (Wildman–Crippen MR) is 132 cm³/mol. The molecule has 0 heterocycles. The molecule has 4 aliphatic carbocycles. The molecule has 0 unspecified atom stereocenters. The summed E-state index contributed by atoms with van der Waals surface area (Å²) in [5, 5.41) is 20.0. The second-order valence-electron chi connectivity index (χ2n) is 11.0. The summed E-state index contributed by atoms with van der Waals surface area (Å²) in [6.45, 7) is 0. The Bertz CT molecular complexity index is 1170. The van der Waals surface area contributed by atoms with Crippen molar-refractivity contribution in [3.8, 4) is 5.75 Å². The fraction of sp³-hybridized carbons (Fsp3) is 0.433. The lowest BCUT2D eigenvalue weighted by atomic mass is 9.48. The van der Waals surface area contributed by atoms with Crippen molar-refractivity contribution in [3.05, 3.63) is 82.9 Å². The topological polar surface area (TPSA) is 57.5 Å². The first kappa shape index (κ1) is 24.7. The number of aromatic hydroxyl groups is 1. The number of aryl methyl sites for hydroxylation is 1. The maximum Gasteiger partial charge on any atom is 0.416 e. The molecule has 0 saturated heterocycles. The van der Waals surface area contributed by atoms with Gasteiger partial charge in [0, 0.05) is 11.6 Å². The van der Waals surface area contributed by atoms with Gasteiger partial charge in [-0.15, -0.1) is 0 Å². The van der Waals surface area contributed by atoms with Crippen LogP contribution in [0.5, 0.6) is 5.75 Å². The number of phenols is 1. The number of rotatable bonds is 7. The monoisotopic (exact) mass is 496 g/mol. The molecule has 0 aliphatic heterocycles. The maximum atomic E-state index is 13.2. The predicted octanol–water partition coefficient (Wildman–Crippen LogP) is 7.54. The van der Waals surface area contributed by atoms with Crippen molar-refractivity contribution in [2.24, 2.45) is 17.8 Å². The van der Waals surface area contributed by atoms with Gasteiger partial charge in [-0.05, 0) is 116 Å². The molecule has 0 atom stereocenters. The van der Waals surface area contributed by atoms with Crippen LogP contribution in [0.25, 0.3) is 5.57 Å². The molecule has 6 rings (SSSR count). The zero-order chi connectivity index (χ0) is 25.5. The summed E-state index contributed by atoms with van der Waals surface area (Å²) in [7, 11) is 0. The number of phenolic OH excluding ortho intramolecular Hbond substituents is 1. The quantitative estimate of drug-likeness (QED) is 0.308. The van der Waals surface area contributed by atoms with Gasteiger partial charge < -0.3 is 10.2 Å². The highest BCUT2D eigenvalue weighted by Crippen LogP contribution is 2.61. The summed E-state index contributed by atoms with van der Waals surface area (Å²) in [6.07, 6.45) is 8.14. The van der Waals surface area contributed by atoms with Crippen LogP contribution in [0.1, 0.15) is 67.2 Å². The van der Waals surface area contributed by atoms with E-state index in [1.807, 2.05) is 6.07 Å². The largest absolute Gasteiger partial charge is 0.508 e. The fourth-order valence-corrected chi connectivity index (χ4v) is 7.33. The fourth-order valence-electron chi connectivity index (χ4n) is 7.33. The molecule has 0 amide bonds. The van der Waals surface area contributed by atoms with Crippen LogP contribution in [0.4, 0.5) is 13.2 Å². The highest BCUT2D eigenvalue weighted by Gasteiger charge is 2.52. The molecule has 0 aromatic heterocycles. The second kappa shape index (κ2) is 9.45. The summed E-state index contributed by atoms with van der Waals surface area (Å²) < 4.78 is 39.5. The Labute approximate surface area is 209 Å². The molecule has 4 bridgehead atoms. The first-order chi connectivity index (χ1) is 17.1. The van der Waals surface area contributed by atoms with Gasteiger partial charge in [0.05, 0.1) is 5.56 Å². The number of carboxylic acids is 1. The van der Waals surface area contributed by atoms with E-state index in [2.05, 4.69) is 12.1 Å². The number of aliphatic carboxylic acids is 1. The van der Waals surface area contributed by atoms with Gasteiger partial charge in [0.1, 0.15) is 5.75 Å². The van der Waals surface area contributed by atoms with Crippen molar-refractivity contribution in [3.63, 3.8) is 0 Å².